The molecule has 0 fully saturated rings. The monoisotopic (exact) mass is 264 g/mol. The van der Waals surface area contributed by atoms with Crippen LogP contribution in [0.15, 0.2) is 12.1 Å². The normalized spacial score (nSPS) is 12.5. The minimum atomic E-state index is -0.0971. The van der Waals surface area contributed by atoms with E-state index >= 15 is 0 Å². The van der Waals surface area contributed by atoms with Gasteiger partial charge in [0.2, 0.25) is 0 Å². The second-order valence-electron chi connectivity index (χ2n) is 5.04. The number of aromatic nitrogens is 1. The van der Waals surface area contributed by atoms with Crippen LogP contribution in [-0.2, 0) is 6.42 Å². The Labute approximate surface area is 115 Å². The molecule has 0 bridgehead atoms. The quantitative estimate of drug-likeness (QED) is 0.812. The van der Waals surface area contributed by atoms with E-state index < -0.39 is 0 Å². The molecule has 1 rings (SSSR count). The molecule has 1 aromatic heterocycles. The zero-order chi connectivity index (χ0) is 14.4. The van der Waals surface area contributed by atoms with E-state index in [-0.39, 0.29) is 5.91 Å². The number of nitrogens with two attached hydrogens (primary N) is 1. The lowest BCUT2D eigenvalue weighted by atomic mass is 10.1. The predicted octanol–water partition coefficient (Wildman–Crippen LogP) is 1.30. The number of amides is 1. The number of anilines is 1. The van der Waals surface area contributed by atoms with Gasteiger partial charge in [-0.05, 0) is 39.6 Å². The lowest BCUT2D eigenvalue weighted by Crippen LogP contribution is -2.38. The molecule has 1 atom stereocenters. The topological polar surface area (TPSA) is 71.2 Å². The first-order chi connectivity index (χ1) is 8.93. The maximum Gasteiger partial charge on any atom is 0.251 e. The molecular formula is C14H24N4O. The van der Waals surface area contributed by atoms with Crippen molar-refractivity contribution < 1.29 is 4.79 Å². The molecule has 0 radical (unpaired) electrons. The second kappa shape index (κ2) is 7.09. The maximum absolute atomic E-state index is 12.1. The lowest BCUT2D eigenvalue weighted by Gasteiger charge is -2.20. The first kappa shape index (κ1) is 15.4. The Hall–Kier alpha value is -1.62. The van der Waals surface area contributed by atoms with Gasteiger partial charge in [0.05, 0.1) is 0 Å². The molecule has 1 amide bonds. The van der Waals surface area contributed by atoms with Crippen molar-refractivity contribution in [2.24, 2.45) is 0 Å². The Bertz CT molecular complexity index is 431. The highest BCUT2D eigenvalue weighted by Crippen LogP contribution is 2.09. The second-order valence-corrected chi connectivity index (χ2v) is 5.04. The molecule has 0 spiro atoms. The molecule has 0 aliphatic carbocycles. The van der Waals surface area contributed by atoms with E-state index in [1.807, 2.05) is 20.2 Å². The third-order valence-electron chi connectivity index (χ3n) is 3.11. The van der Waals surface area contributed by atoms with Crippen molar-refractivity contribution in [3.8, 4) is 0 Å². The fourth-order valence-electron chi connectivity index (χ4n) is 1.65. The van der Waals surface area contributed by atoms with Gasteiger partial charge in [0.15, 0.2) is 0 Å². The molecule has 106 valence electrons. The van der Waals surface area contributed by atoms with E-state index in [1.165, 1.54) is 0 Å². The fraction of sp³-hybridized carbons (Fsp3) is 0.571. The van der Waals surface area contributed by atoms with E-state index in [0.29, 0.717) is 24.0 Å². The number of hydrogen-bond donors (Lipinski definition) is 2. The molecule has 1 unspecified atom stereocenters. The number of nitrogen functional groups attached to an aromatic ring is 1. The highest BCUT2D eigenvalue weighted by atomic mass is 16.1. The highest BCUT2D eigenvalue weighted by molar-refractivity contribution is 5.94. The average Bonchev–Trinajstić information content (AvgIpc) is 2.35. The minimum absolute atomic E-state index is 0.0971. The number of likely N-dealkylation sites (N-methyl/N-ethyl adjacent to an activating group) is 1. The Morgan fingerprint density at radius 3 is 2.74 bits per heavy atom. The summed E-state index contributed by atoms with van der Waals surface area (Å²) in [7, 11) is 3.97. The van der Waals surface area contributed by atoms with E-state index in [9.17, 15) is 4.79 Å². The zero-order valence-corrected chi connectivity index (χ0v) is 12.2. The molecule has 0 aliphatic rings. The molecule has 5 nitrogen and oxygen atoms in total. The Morgan fingerprint density at radius 1 is 1.47 bits per heavy atom. The molecule has 0 aliphatic heterocycles. The van der Waals surface area contributed by atoms with Crippen LogP contribution >= 0.6 is 0 Å². The molecule has 5 heteroatoms. The number of carbonyl (C=O) groups excluding carboxylic acids is 1. The van der Waals surface area contributed by atoms with E-state index in [4.69, 9.17) is 5.73 Å². The first-order valence-electron chi connectivity index (χ1n) is 6.65. The number of aryl methyl sites for hydroxylation is 1. The SMILES string of the molecule is CCCc1cc(C(=O)NCC(C)N(C)C)cc(N)n1. The number of hydrogen-bond acceptors (Lipinski definition) is 4. The van der Waals surface area contributed by atoms with Gasteiger partial charge in [-0.1, -0.05) is 13.3 Å². The summed E-state index contributed by atoms with van der Waals surface area (Å²) in [6, 6.07) is 3.72. The third-order valence-corrected chi connectivity index (χ3v) is 3.11. The number of nitrogens with one attached hydrogen (secondary N) is 1. The summed E-state index contributed by atoms with van der Waals surface area (Å²) in [5, 5.41) is 2.91. The highest BCUT2D eigenvalue weighted by Gasteiger charge is 2.11. The summed E-state index contributed by atoms with van der Waals surface area (Å²) in [6.07, 6.45) is 1.81. The van der Waals surface area contributed by atoms with Gasteiger partial charge in [0.25, 0.3) is 5.91 Å². The standard InChI is InChI=1S/C14H24N4O/c1-5-6-12-7-11(8-13(15)17-12)14(19)16-9-10(2)18(3)4/h7-8,10H,5-6,9H2,1-4H3,(H2,15,17)(H,16,19). The number of pyridine rings is 1. The summed E-state index contributed by atoms with van der Waals surface area (Å²) >= 11 is 0. The molecule has 3 N–H and O–H groups in total. The van der Waals surface area contributed by atoms with Crippen LogP contribution in [0.5, 0.6) is 0 Å². The lowest BCUT2D eigenvalue weighted by molar-refractivity contribution is 0.0943. The molecule has 0 saturated heterocycles. The van der Waals surface area contributed by atoms with Crippen LogP contribution < -0.4 is 11.1 Å². The summed E-state index contributed by atoms with van der Waals surface area (Å²) in [4.78, 5) is 18.3. The van der Waals surface area contributed by atoms with Crippen LogP contribution in [0.1, 0.15) is 36.3 Å². The zero-order valence-electron chi connectivity index (χ0n) is 12.2. The summed E-state index contributed by atoms with van der Waals surface area (Å²) in [6.45, 7) is 4.74. The van der Waals surface area contributed by atoms with Crippen molar-refractivity contribution in [1.82, 2.24) is 15.2 Å². The van der Waals surface area contributed by atoms with Crippen LogP contribution in [0.3, 0.4) is 0 Å². The molecule has 0 saturated carbocycles. The van der Waals surface area contributed by atoms with Crippen molar-refractivity contribution in [2.45, 2.75) is 32.7 Å². The van der Waals surface area contributed by atoms with Crippen LogP contribution in [0, 0.1) is 0 Å². The van der Waals surface area contributed by atoms with Gasteiger partial charge in [-0.15, -0.1) is 0 Å². The molecule has 1 heterocycles. The van der Waals surface area contributed by atoms with Gasteiger partial charge < -0.3 is 16.0 Å². The largest absolute Gasteiger partial charge is 0.384 e. The van der Waals surface area contributed by atoms with E-state index in [2.05, 4.69) is 29.0 Å². The minimum Gasteiger partial charge on any atom is -0.384 e. The Kier molecular flexibility index (Phi) is 5.76. The Balaban J connectivity index is 2.71. The van der Waals surface area contributed by atoms with Gasteiger partial charge in [-0.25, -0.2) is 4.98 Å². The number of nitrogens with zero attached hydrogens (tertiary/aromatic N) is 2. The predicted molar refractivity (Wildman–Crippen MR) is 78.1 cm³/mol. The summed E-state index contributed by atoms with van der Waals surface area (Å²) < 4.78 is 0. The fourth-order valence-corrected chi connectivity index (χ4v) is 1.65. The van der Waals surface area contributed by atoms with Crippen LogP contribution in [0.25, 0.3) is 0 Å². The smallest absolute Gasteiger partial charge is 0.251 e. The maximum atomic E-state index is 12.1. The van der Waals surface area contributed by atoms with Crippen molar-refractivity contribution in [2.75, 3.05) is 26.4 Å². The summed E-state index contributed by atoms with van der Waals surface area (Å²) in [5.74, 6) is 0.303. The van der Waals surface area contributed by atoms with E-state index in [0.717, 1.165) is 18.5 Å². The molecule has 0 aromatic carbocycles. The van der Waals surface area contributed by atoms with Gasteiger partial charge in [0, 0.05) is 23.8 Å². The Morgan fingerprint density at radius 2 is 2.16 bits per heavy atom. The van der Waals surface area contributed by atoms with Crippen LogP contribution in [-0.4, -0.2) is 42.5 Å². The molecule has 19 heavy (non-hydrogen) atoms. The van der Waals surface area contributed by atoms with Crippen molar-refractivity contribution in [1.29, 1.82) is 0 Å². The van der Waals surface area contributed by atoms with E-state index in [1.54, 1.807) is 6.07 Å². The molecular weight excluding hydrogens is 240 g/mol. The van der Waals surface area contributed by atoms with Gasteiger partial charge in [0.1, 0.15) is 5.82 Å². The van der Waals surface area contributed by atoms with Gasteiger partial charge in [-0.3, -0.25) is 4.79 Å². The average molecular weight is 264 g/mol. The van der Waals surface area contributed by atoms with Gasteiger partial charge >= 0.3 is 0 Å². The van der Waals surface area contributed by atoms with Crippen LogP contribution in [0.4, 0.5) is 5.82 Å². The number of carbonyl (C=O) groups is 1. The third kappa shape index (κ3) is 4.87. The number of rotatable bonds is 6. The van der Waals surface area contributed by atoms with Gasteiger partial charge in [-0.2, -0.15) is 0 Å². The first-order valence-corrected chi connectivity index (χ1v) is 6.65. The van der Waals surface area contributed by atoms with Crippen LogP contribution in [0.2, 0.25) is 0 Å². The van der Waals surface area contributed by atoms with Crippen molar-refractivity contribution in [3.05, 3.63) is 23.4 Å². The van der Waals surface area contributed by atoms with Crippen molar-refractivity contribution >= 4 is 11.7 Å². The van der Waals surface area contributed by atoms with Crippen molar-refractivity contribution in [3.63, 3.8) is 0 Å². The summed E-state index contributed by atoms with van der Waals surface area (Å²) in [5.41, 5.74) is 7.19. The molecule has 1 aromatic rings.